The Morgan fingerprint density at radius 3 is 2.31 bits per heavy atom. The molecule has 1 aliphatic heterocycles. The molecule has 3 nitrogen and oxygen atoms in total. The number of carbonyl (C=O) groups excluding carboxylic acids is 1. The van der Waals surface area contributed by atoms with Gasteiger partial charge in [-0.3, -0.25) is 4.79 Å². The van der Waals surface area contributed by atoms with Crippen LogP contribution in [-0.2, 0) is 6.18 Å². The van der Waals surface area contributed by atoms with Crippen molar-refractivity contribution in [1.29, 1.82) is 0 Å². The van der Waals surface area contributed by atoms with Crippen LogP contribution in [0, 0.1) is 5.82 Å². The van der Waals surface area contributed by atoms with Crippen LogP contribution < -0.4 is 5.73 Å². The van der Waals surface area contributed by atoms with Crippen molar-refractivity contribution in [3.05, 3.63) is 71.0 Å². The number of nitrogens with zero attached hydrogens (tertiary/aromatic N) is 1. The normalized spacial score (nSPS) is 20.0. The SMILES string of the molecule is Cl.N[C@@H]1CN(C(=O)c2cccc(C(F)(F)F)c2F)C[C@H]1c1ccccc1. The molecule has 3 rings (SSSR count). The third-order valence-electron chi connectivity index (χ3n) is 4.41. The summed E-state index contributed by atoms with van der Waals surface area (Å²) in [7, 11) is 0. The summed E-state index contributed by atoms with van der Waals surface area (Å²) in [5, 5.41) is 0. The maximum absolute atomic E-state index is 14.2. The zero-order valence-electron chi connectivity index (χ0n) is 13.5. The van der Waals surface area contributed by atoms with Gasteiger partial charge >= 0.3 is 6.18 Å². The Morgan fingerprint density at radius 1 is 1.04 bits per heavy atom. The molecule has 0 aromatic heterocycles. The number of hydrogen-bond donors (Lipinski definition) is 1. The third-order valence-corrected chi connectivity index (χ3v) is 4.41. The van der Waals surface area contributed by atoms with Gasteiger partial charge in [-0.2, -0.15) is 13.2 Å². The minimum atomic E-state index is -4.85. The van der Waals surface area contributed by atoms with E-state index in [0.717, 1.165) is 17.7 Å². The van der Waals surface area contributed by atoms with Crippen LogP contribution in [0.1, 0.15) is 27.4 Å². The van der Waals surface area contributed by atoms with E-state index in [0.29, 0.717) is 6.07 Å². The van der Waals surface area contributed by atoms with E-state index in [9.17, 15) is 22.4 Å². The van der Waals surface area contributed by atoms with Crippen LogP contribution in [0.2, 0.25) is 0 Å². The second-order valence-corrected chi connectivity index (χ2v) is 6.06. The van der Waals surface area contributed by atoms with Crippen molar-refractivity contribution < 1.29 is 22.4 Å². The molecule has 0 saturated carbocycles. The highest BCUT2D eigenvalue weighted by Gasteiger charge is 2.38. The summed E-state index contributed by atoms with van der Waals surface area (Å²) in [6.07, 6.45) is -4.85. The van der Waals surface area contributed by atoms with Crippen molar-refractivity contribution in [3.63, 3.8) is 0 Å². The predicted molar refractivity (Wildman–Crippen MR) is 91.7 cm³/mol. The van der Waals surface area contributed by atoms with Crippen LogP contribution in [0.15, 0.2) is 48.5 Å². The lowest BCUT2D eigenvalue weighted by atomic mass is 9.95. The Balaban J connectivity index is 0.00000243. The van der Waals surface area contributed by atoms with Gasteiger partial charge in [0.05, 0.1) is 11.1 Å². The maximum Gasteiger partial charge on any atom is 0.419 e. The summed E-state index contributed by atoms with van der Waals surface area (Å²) in [6.45, 7) is 0.397. The molecule has 0 unspecified atom stereocenters. The van der Waals surface area contributed by atoms with E-state index in [-0.39, 0.29) is 37.5 Å². The van der Waals surface area contributed by atoms with Crippen molar-refractivity contribution in [3.8, 4) is 0 Å². The molecule has 0 radical (unpaired) electrons. The zero-order chi connectivity index (χ0) is 18.2. The Morgan fingerprint density at radius 2 is 1.69 bits per heavy atom. The largest absolute Gasteiger partial charge is 0.419 e. The lowest BCUT2D eigenvalue weighted by molar-refractivity contribution is -0.140. The third kappa shape index (κ3) is 3.83. The molecule has 2 aromatic carbocycles. The minimum absolute atomic E-state index is 0. The molecule has 140 valence electrons. The molecule has 1 aliphatic rings. The number of halogens is 5. The number of nitrogens with two attached hydrogens (primary N) is 1. The molecule has 1 heterocycles. The van der Waals surface area contributed by atoms with Gasteiger partial charge in [0.25, 0.3) is 5.91 Å². The first-order chi connectivity index (χ1) is 11.8. The number of amides is 1. The molecule has 1 fully saturated rings. The molecule has 26 heavy (non-hydrogen) atoms. The number of hydrogen-bond acceptors (Lipinski definition) is 2. The van der Waals surface area contributed by atoms with Gasteiger partial charge in [0.2, 0.25) is 0 Å². The van der Waals surface area contributed by atoms with Crippen molar-refractivity contribution >= 4 is 18.3 Å². The summed E-state index contributed by atoms with van der Waals surface area (Å²) in [4.78, 5) is 13.8. The quantitative estimate of drug-likeness (QED) is 0.795. The average Bonchev–Trinajstić information content (AvgIpc) is 2.96. The Bertz CT molecular complexity index is 783. The predicted octanol–water partition coefficient (Wildman–Crippen LogP) is 3.83. The van der Waals surface area contributed by atoms with Crippen LogP contribution in [-0.4, -0.2) is 29.9 Å². The first-order valence-corrected chi connectivity index (χ1v) is 7.74. The van der Waals surface area contributed by atoms with Crippen molar-refractivity contribution in [2.75, 3.05) is 13.1 Å². The fraction of sp³-hybridized carbons (Fsp3) is 0.278. The van der Waals surface area contributed by atoms with Crippen molar-refractivity contribution in [2.24, 2.45) is 5.73 Å². The van der Waals surface area contributed by atoms with Gasteiger partial charge in [-0.1, -0.05) is 36.4 Å². The lowest BCUT2D eigenvalue weighted by Gasteiger charge is -2.18. The van der Waals surface area contributed by atoms with Crippen molar-refractivity contribution in [1.82, 2.24) is 4.90 Å². The molecule has 2 aromatic rings. The molecular formula is C18H17ClF4N2O. The molecule has 1 amide bonds. The van der Waals surface area contributed by atoms with Crippen molar-refractivity contribution in [2.45, 2.75) is 18.1 Å². The van der Waals surface area contributed by atoms with Gasteiger partial charge in [-0.25, -0.2) is 4.39 Å². The summed E-state index contributed by atoms with van der Waals surface area (Å²) >= 11 is 0. The number of carbonyl (C=O) groups is 1. The highest BCUT2D eigenvalue weighted by molar-refractivity contribution is 5.95. The molecule has 0 spiro atoms. The molecule has 8 heteroatoms. The Hall–Kier alpha value is -2.12. The topological polar surface area (TPSA) is 46.3 Å². The first kappa shape index (κ1) is 20.2. The molecule has 2 atom stereocenters. The Kier molecular flexibility index (Phi) is 5.93. The van der Waals surface area contributed by atoms with E-state index >= 15 is 0 Å². The van der Waals surface area contributed by atoms with Gasteiger partial charge < -0.3 is 10.6 Å². The van der Waals surface area contributed by atoms with Crippen LogP contribution >= 0.6 is 12.4 Å². The minimum Gasteiger partial charge on any atom is -0.336 e. The molecule has 0 aliphatic carbocycles. The second-order valence-electron chi connectivity index (χ2n) is 6.06. The first-order valence-electron chi connectivity index (χ1n) is 7.74. The van der Waals surface area contributed by atoms with Gasteiger partial charge in [0, 0.05) is 25.0 Å². The van der Waals surface area contributed by atoms with E-state index in [4.69, 9.17) is 5.73 Å². The van der Waals surface area contributed by atoms with E-state index < -0.39 is 29.0 Å². The molecule has 0 bridgehead atoms. The van der Waals surface area contributed by atoms with Crippen LogP contribution in [0.25, 0.3) is 0 Å². The fourth-order valence-corrected chi connectivity index (χ4v) is 3.13. The average molecular weight is 389 g/mol. The number of rotatable bonds is 2. The maximum atomic E-state index is 14.2. The van der Waals surface area contributed by atoms with Gasteiger partial charge in [0.1, 0.15) is 5.82 Å². The monoisotopic (exact) mass is 388 g/mol. The van der Waals surface area contributed by atoms with Gasteiger partial charge in [-0.05, 0) is 17.7 Å². The highest BCUT2D eigenvalue weighted by atomic mass is 35.5. The standard InChI is InChI=1S/C18H16F4N2O.ClH/c19-16-12(7-4-8-14(16)18(20,21)22)17(25)24-9-13(15(23)10-24)11-5-2-1-3-6-11;/h1-8,13,15H,9-10,23H2;1H/t13-,15+;/m0./s1. The van der Waals surface area contributed by atoms with E-state index in [2.05, 4.69) is 0 Å². The van der Waals surface area contributed by atoms with E-state index in [1.54, 1.807) is 0 Å². The number of likely N-dealkylation sites (tertiary alicyclic amines) is 1. The summed E-state index contributed by atoms with van der Waals surface area (Å²) in [5.41, 5.74) is 5.00. The van der Waals surface area contributed by atoms with E-state index in [1.807, 2.05) is 30.3 Å². The second kappa shape index (κ2) is 7.63. The van der Waals surface area contributed by atoms with Gasteiger partial charge in [0.15, 0.2) is 0 Å². The van der Waals surface area contributed by atoms with Crippen LogP contribution in [0.3, 0.4) is 0 Å². The summed E-state index contributed by atoms with van der Waals surface area (Å²) in [6, 6.07) is 11.7. The molecule has 1 saturated heterocycles. The molecule has 2 N–H and O–H groups in total. The number of benzene rings is 2. The molecular weight excluding hydrogens is 372 g/mol. The Labute approximate surface area is 154 Å². The smallest absolute Gasteiger partial charge is 0.336 e. The van der Waals surface area contributed by atoms with E-state index in [1.165, 1.54) is 4.90 Å². The summed E-state index contributed by atoms with van der Waals surface area (Å²) < 4.78 is 52.7. The highest BCUT2D eigenvalue weighted by Crippen LogP contribution is 2.33. The zero-order valence-corrected chi connectivity index (χ0v) is 14.4. The fourth-order valence-electron chi connectivity index (χ4n) is 3.13. The summed E-state index contributed by atoms with van der Waals surface area (Å²) in [5.74, 6) is -2.46. The van der Waals surface area contributed by atoms with Crippen LogP contribution in [0.4, 0.5) is 17.6 Å². The van der Waals surface area contributed by atoms with Gasteiger partial charge in [-0.15, -0.1) is 12.4 Å². The number of alkyl halides is 3. The lowest BCUT2D eigenvalue weighted by Crippen LogP contribution is -2.33. The van der Waals surface area contributed by atoms with Crippen LogP contribution in [0.5, 0.6) is 0 Å².